The largest absolute Gasteiger partial charge is 0.492 e. The van der Waals surface area contributed by atoms with Gasteiger partial charge in [-0.2, -0.15) is 0 Å². The van der Waals surface area contributed by atoms with E-state index in [4.69, 9.17) is 4.74 Å². The van der Waals surface area contributed by atoms with Gasteiger partial charge in [-0.05, 0) is 44.0 Å². The molecule has 0 fully saturated rings. The van der Waals surface area contributed by atoms with Gasteiger partial charge in [-0.25, -0.2) is 14.4 Å². The maximum Gasteiger partial charge on any atom is 0.142 e. The Morgan fingerprint density at radius 3 is 2.56 bits per heavy atom. The Balaban J connectivity index is 1.68. The summed E-state index contributed by atoms with van der Waals surface area (Å²) >= 11 is 0. The maximum atomic E-state index is 13.7. The van der Waals surface area contributed by atoms with Gasteiger partial charge >= 0.3 is 0 Å². The van der Waals surface area contributed by atoms with Crippen molar-refractivity contribution >= 4 is 17.3 Å². The van der Waals surface area contributed by atoms with Crippen LogP contribution in [0.5, 0.6) is 5.75 Å². The van der Waals surface area contributed by atoms with Crippen LogP contribution < -0.4 is 15.4 Å². The first kappa shape index (κ1) is 18.6. The van der Waals surface area contributed by atoms with Crippen molar-refractivity contribution in [2.24, 2.45) is 0 Å². The summed E-state index contributed by atoms with van der Waals surface area (Å²) in [6.07, 6.45) is 0.575. The zero-order valence-corrected chi connectivity index (χ0v) is 15.5. The maximum absolute atomic E-state index is 13.7. The van der Waals surface area contributed by atoms with Crippen LogP contribution >= 0.6 is 0 Å². The van der Waals surface area contributed by atoms with Crippen molar-refractivity contribution in [3.05, 3.63) is 71.8 Å². The topological polar surface area (TPSA) is 59.1 Å². The number of benzene rings is 2. The first-order valence-corrected chi connectivity index (χ1v) is 8.97. The van der Waals surface area contributed by atoms with Gasteiger partial charge in [0, 0.05) is 12.6 Å². The summed E-state index contributed by atoms with van der Waals surface area (Å²) in [5.74, 6) is 2.58. The number of anilines is 3. The molecule has 1 aromatic heterocycles. The number of nitrogens with zero attached hydrogens (tertiary/aromatic N) is 2. The SMILES string of the molecule is CCOc1ccccc1Nc1cc(NCCc2ccccc2F)nc(C)n1. The minimum absolute atomic E-state index is 0.187. The summed E-state index contributed by atoms with van der Waals surface area (Å²) in [6, 6.07) is 16.3. The Morgan fingerprint density at radius 2 is 1.74 bits per heavy atom. The van der Waals surface area contributed by atoms with Crippen LogP contribution in [0.3, 0.4) is 0 Å². The normalized spacial score (nSPS) is 10.5. The second kappa shape index (κ2) is 8.98. The molecule has 0 bridgehead atoms. The molecule has 3 rings (SSSR count). The van der Waals surface area contributed by atoms with E-state index in [1.54, 1.807) is 12.1 Å². The van der Waals surface area contributed by atoms with E-state index in [0.717, 1.165) is 11.4 Å². The number of ether oxygens (including phenoxy) is 1. The summed E-state index contributed by atoms with van der Waals surface area (Å²) in [7, 11) is 0. The summed E-state index contributed by atoms with van der Waals surface area (Å²) in [5, 5.41) is 6.52. The van der Waals surface area contributed by atoms with Crippen LogP contribution in [0.25, 0.3) is 0 Å². The highest BCUT2D eigenvalue weighted by atomic mass is 19.1. The number of aromatic nitrogens is 2. The first-order chi connectivity index (χ1) is 13.2. The molecule has 5 nitrogen and oxygen atoms in total. The molecule has 140 valence electrons. The molecular weight excluding hydrogens is 343 g/mol. The lowest BCUT2D eigenvalue weighted by Crippen LogP contribution is -2.09. The highest BCUT2D eigenvalue weighted by Gasteiger charge is 2.07. The van der Waals surface area contributed by atoms with Gasteiger partial charge < -0.3 is 15.4 Å². The molecule has 0 amide bonds. The number of halogens is 1. The lowest BCUT2D eigenvalue weighted by molar-refractivity contribution is 0.342. The predicted octanol–water partition coefficient (Wildman–Crippen LogP) is 4.72. The van der Waals surface area contributed by atoms with E-state index in [9.17, 15) is 4.39 Å². The number of aryl methyl sites for hydroxylation is 1. The van der Waals surface area contributed by atoms with Crippen LogP contribution in [0.15, 0.2) is 54.6 Å². The fourth-order valence-corrected chi connectivity index (χ4v) is 2.74. The van der Waals surface area contributed by atoms with Gasteiger partial charge in [-0.1, -0.05) is 30.3 Å². The van der Waals surface area contributed by atoms with Crippen molar-refractivity contribution in [3.63, 3.8) is 0 Å². The lowest BCUT2D eigenvalue weighted by atomic mass is 10.1. The molecule has 3 aromatic rings. The molecule has 0 radical (unpaired) electrons. The molecule has 0 atom stereocenters. The third kappa shape index (κ3) is 5.17. The van der Waals surface area contributed by atoms with E-state index >= 15 is 0 Å². The van der Waals surface area contributed by atoms with E-state index in [2.05, 4.69) is 20.6 Å². The second-order valence-corrected chi connectivity index (χ2v) is 6.01. The molecule has 2 aromatic carbocycles. The van der Waals surface area contributed by atoms with Gasteiger partial charge in [0.15, 0.2) is 0 Å². The zero-order valence-electron chi connectivity index (χ0n) is 15.5. The van der Waals surface area contributed by atoms with Crippen molar-refractivity contribution in [2.45, 2.75) is 20.3 Å². The molecule has 0 aliphatic heterocycles. The van der Waals surface area contributed by atoms with Crippen LogP contribution in [0.2, 0.25) is 0 Å². The van der Waals surface area contributed by atoms with Crippen molar-refractivity contribution < 1.29 is 9.13 Å². The molecular formula is C21H23FN4O. The number of hydrogen-bond acceptors (Lipinski definition) is 5. The zero-order chi connectivity index (χ0) is 19.1. The van der Waals surface area contributed by atoms with Crippen LogP contribution in [-0.2, 0) is 6.42 Å². The van der Waals surface area contributed by atoms with E-state index in [1.165, 1.54) is 6.07 Å². The van der Waals surface area contributed by atoms with Gasteiger partial charge in [0.25, 0.3) is 0 Å². The fourth-order valence-electron chi connectivity index (χ4n) is 2.74. The summed E-state index contributed by atoms with van der Waals surface area (Å²) in [5.41, 5.74) is 1.52. The third-order valence-corrected chi connectivity index (χ3v) is 3.95. The number of rotatable bonds is 8. The average molecular weight is 366 g/mol. The minimum atomic E-state index is -0.187. The fraction of sp³-hybridized carbons (Fsp3) is 0.238. The Kier molecular flexibility index (Phi) is 6.20. The molecule has 6 heteroatoms. The van der Waals surface area contributed by atoms with Gasteiger partial charge in [-0.15, -0.1) is 0 Å². The first-order valence-electron chi connectivity index (χ1n) is 8.97. The smallest absolute Gasteiger partial charge is 0.142 e. The number of nitrogens with one attached hydrogen (secondary N) is 2. The van der Waals surface area contributed by atoms with Crippen LogP contribution in [0.4, 0.5) is 21.7 Å². The Morgan fingerprint density at radius 1 is 1.00 bits per heavy atom. The summed E-state index contributed by atoms with van der Waals surface area (Å²) in [4.78, 5) is 8.83. The minimum Gasteiger partial charge on any atom is -0.492 e. The average Bonchev–Trinajstić information content (AvgIpc) is 2.65. The van der Waals surface area contributed by atoms with Crippen molar-refractivity contribution in [2.75, 3.05) is 23.8 Å². The quantitative estimate of drug-likeness (QED) is 0.604. The standard InChI is InChI=1S/C21H23FN4O/c1-3-27-19-11-7-6-10-18(19)26-21-14-20(24-15(2)25-21)23-13-12-16-8-4-5-9-17(16)22/h4-11,14H,3,12-13H2,1-2H3,(H2,23,24,25,26). The molecule has 27 heavy (non-hydrogen) atoms. The van der Waals surface area contributed by atoms with Crippen LogP contribution in [0.1, 0.15) is 18.3 Å². The molecule has 0 spiro atoms. The highest BCUT2D eigenvalue weighted by molar-refractivity contribution is 5.65. The lowest BCUT2D eigenvalue weighted by Gasteiger charge is -2.13. The van der Waals surface area contributed by atoms with Crippen molar-refractivity contribution in [1.82, 2.24) is 9.97 Å². The van der Waals surface area contributed by atoms with Crippen molar-refractivity contribution in [1.29, 1.82) is 0 Å². The molecule has 0 aliphatic carbocycles. The summed E-state index contributed by atoms with van der Waals surface area (Å²) < 4.78 is 19.3. The second-order valence-electron chi connectivity index (χ2n) is 6.01. The third-order valence-electron chi connectivity index (χ3n) is 3.95. The molecule has 1 heterocycles. The predicted molar refractivity (Wildman–Crippen MR) is 106 cm³/mol. The van der Waals surface area contributed by atoms with E-state index < -0.39 is 0 Å². The Labute approximate surface area is 158 Å². The molecule has 0 saturated carbocycles. The van der Waals surface area contributed by atoms with Gasteiger partial charge in [0.2, 0.25) is 0 Å². The highest BCUT2D eigenvalue weighted by Crippen LogP contribution is 2.27. The Hall–Kier alpha value is -3.15. The van der Waals surface area contributed by atoms with Crippen LogP contribution in [0, 0.1) is 12.7 Å². The van der Waals surface area contributed by atoms with Gasteiger partial charge in [-0.3, -0.25) is 0 Å². The Bertz CT molecular complexity index is 901. The molecule has 0 saturated heterocycles. The number of hydrogen-bond donors (Lipinski definition) is 2. The van der Waals surface area contributed by atoms with E-state index in [0.29, 0.717) is 42.6 Å². The summed E-state index contributed by atoms with van der Waals surface area (Å²) in [6.45, 7) is 4.95. The van der Waals surface area contributed by atoms with E-state index in [1.807, 2.05) is 50.2 Å². The van der Waals surface area contributed by atoms with Crippen LogP contribution in [-0.4, -0.2) is 23.1 Å². The molecule has 0 aliphatic rings. The molecule has 2 N–H and O–H groups in total. The van der Waals surface area contributed by atoms with Crippen molar-refractivity contribution in [3.8, 4) is 5.75 Å². The molecule has 0 unspecified atom stereocenters. The number of para-hydroxylation sites is 2. The van der Waals surface area contributed by atoms with Gasteiger partial charge in [0.1, 0.15) is 29.0 Å². The van der Waals surface area contributed by atoms with E-state index in [-0.39, 0.29) is 5.82 Å². The monoisotopic (exact) mass is 366 g/mol. The van der Waals surface area contributed by atoms with Gasteiger partial charge in [0.05, 0.1) is 12.3 Å².